The summed E-state index contributed by atoms with van der Waals surface area (Å²) < 4.78 is 7.77. The van der Waals surface area contributed by atoms with E-state index in [1.807, 2.05) is 36.7 Å². The van der Waals surface area contributed by atoms with E-state index in [1.165, 1.54) is 11.8 Å². The van der Waals surface area contributed by atoms with Crippen molar-refractivity contribution in [2.45, 2.75) is 29.5 Å². The van der Waals surface area contributed by atoms with Crippen LogP contribution in [0.3, 0.4) is 0 Å². The molecule has 25 heavy (non-hydrogen) atoms. The van der Waals surface area contributed by atoms with Gasteiger partial charge in [-0.1, -0.05) is 0 Å². The van der Waals surface area contributed by atoms with Crippen LogP contribution in [0, 0.1) is 6.92 Å². The maximum atomic E-state index is 12.1. The first-order chi connectivity index (χ1) is 12.0. The monoisotopic (exact) mass is 356 g/mol. The number of phenolic OH excluding ortho intramolecular Hbond substituents is 1. The van der Waals surface area contributed by atoms with Crippen molar-refractivity contribution >= 4 is 23.4 Å². The summed E-state index contributed by atoms with van der Waals surface area (Å²) in [7, 11) is 1.86. The maximum absolute atomic E-state index is 12.1. The second-order valence-electron chi connectivity index (χ2n) is 6.01. The molecule has 0 saturated heterocycles. The van der Waals surface area contributed by atoms with Gasteiger partial charge in [0, 0.05) is 25.2 Å². The molecule has 3 heterocycles. The largest absolute Gasteiger partial charge is 0.508 e. The highest BCUT2D eigenvalue weighted by Gasteiger charge is 2.29. The van der Waals surface area contributed by atoms with Crippen LogP contribution in [0.5, 0.6) is 5.75 Å². The van der Waals surface area contributed by atoms with Gasteiger partial charge in [-0.25, -0.2) is 0 Å². The molecule has 0 saturated carbocycles. The highest BCUT2D eigenvalue weighted by molar-refractivity contribution is 7.99. The molecule has 0 radical (unpaired) electrons. The zero-order chi connectivity index (χ0) is 17.6. The van der Waals surface area contributed by atoms with Crippen LogP contribution in [0.25, 0.3) is 0 Å². The van der Waals surface area contributed by atoms with Gasteiger partial charge in [-0.05, 0) is 48.0 Å². The number of aryl methyl sites for hydroxylation is 2. The maximum Gasteiger partial charge on any atom is 0.225 e. The van der Waals surface area contributed by atoms with Crippen LogP contribution in [-0.2, 0) is 11.8 Å². The normalized spacial score (nSPS) is 16.6. The number of hydrogen-bond acceptors (Lipinski definition) is 6. The number of phenols is 1. The van der Waals surface area contributed by atoms with Crippen molar-refractivity contribution in [2.75, 3.05) is 5.32 Å². The number of amides is 1. The standard InChI is InChI=1S/C17H16N4O3S/c1-9-5-10-11(6-15(23)19-12(10)7-13(9)22)14-3-4-16(24-14)25-17-20-18-8-21(17)2/h3-5,7-8,11,22H,6H2,1-2H3,(H,19,23). The molecule has 3 aromatic rings. The van der Waals surface area contributed by atoms with Crippen LogP contribution in [0.15, 0.2) is 45.3 Å². The topological polar surface area (TPSA) is 93.2 Å². The van der Waals surface area contributed by atoms with Crippen LogP contribution in [0.1, 0.15) is 29.2 Å². The number of benzene rings is 1. The number of aromatic nitrogens is 3. The Morgan fingerprint density at radius 1 is 1.40 bits per heavy atom. The molecule has 128 valence electrons. The molecule has 1 aromatic carbocycles. The van der Waals surface area contributed by atoms with Crippen molar-refractivity contribution in [3.05, 3.63) is 47.5 Å². The molecule has 1 amide bonds. The molecule has 1 aliphatic heterocycles. The fourth-order valence-corrected chi connectivity index (χ4v) is 3.63. The van der Waals surface area contributed by atoms with Crippen molar-refractivity contribution in [3.8, 4) is 5.75 Å². The van der Waals surface area contributed by atoms with Crippen LogP contribution < -0.4 is 5.32 Å². The molecule has 0 bridgehead atoms. The lowest BCUT2D eigenvalue weighted by Gasteiger charge is -2.25. The van der Waals surface area contributed by atoms with Gasteiger partial charge in [0.1, 0.15) is 17.8 Å². The van der Waals surface area contributed by atoms with Crippen molar-refractivity contribution < 1.29 is 14.3 Å². The fraction of sp³-hybridized carbons (Fsp3) is 0.235. The molecule has 4 rings (SSSR count). The number of carbonyl (C=O) groups excluding carboxylic acids is 1. The lowest BCUT2D eigenvalue weighted by molar-refractivity contribution is -0.116. The zero-order valence-electron chi connectivity index (χ0n) is 13.7. The third-order valence-electron chi connectivity index (χ3n) is 4.21. The van der Waals surface area contributed by atoms with E-state index in [4.69, 9.17) is 4.42 Å². The van der Waals surface area contributed by atoms with Crippen LogP contribution in [0.2, 0.25) is 0 Å². The minimum Gasteiger partial charge on any atom is -0.508 e. The van der Waals surface area contributed by atoms with Gasteiger partial charge in [-0.3, -0.25) is 4.79 Å². The lowest BCUT2D eigenvalue weighted by atomic mass is 9.87. The molecule has 7 nitrogen and oxygen atoms in total. The number of carbonyl (C=O) groups is 1. The molecule has 0 spiro atoms. The van der Waals surface area contributed by atoms with Crippen LogP contribution in [0.4, 0.5) is 5.69 Å². The molecule has 1 unspecified atom stereocenters. The number of anilines is 1. The SMILES string of the molecule is Cc1cc2c(cc1O)NC(=O)CC2c1ccc(Sc2nncn2C)o1. The molecule has 8 heteroatoms. The van der Waals surface area contributed by atoms with Gasteiger partial charge in [0.25, 0.3) is 0 Å². The van der Waals surface area contributed by atoms with Crippen molar-refractivity contribution in [1.82, 2.24) is 14.8 Å². The fourth-order valence-electron chi connectivity index (χ4n) is 2.90. The van der Waals surface area contributed by atoms with E-state index in [9.17, 15) is 9.90 Å². The molecule has 1 atom stereocenters. The Morgan fingerprint density at radius 3 is 3.00 bits per heavy atom. The van der Waals surface area contributed by atoms with E-state index in [1.54, 1.807) is 12.4 Å². The molecule has 1 aliphatic rings. The van der Waals surface area contributed by atoms with Gasteiger partial charge in [0.15, 0.2) is 10.2 Å². The second-order valence-corrected chi connectivity index (χ2v) is 6.99. The minimum absolute atomic E-state index is 0.0975. The summed E-state index contributed by atoms with van der Waals surface area (Å²) in [5.74, 6) is 0.597. The number of fused-ring (bicyclic) bond motifs is 1. The molecule has 0 aliphatic carbocycles. The average Bonchev–Trinajstić information content (AvgIpc) is 3.18. The van der Waals surface area contributed by atoms with Gasteiger partial charge >= 0.3 is 0 Å². The van der Waals surface area contributed by atoms with Crippen molar-refractivity contribution in [3.63, 3.8) is 0 Å². The minimum atomic E-state index is -0.183. The first-order valence-corrected chi connectivity index (χ1v) is 8.58. The van der Waals surface area contributed by atoms with Gasteiger partial charge in [0.2, 0.25) is 5.91 Å². The van der Waals surface area contributed by atoms with E-state index >= 15 is 0 Å². The molecule has 2 N–H and O–H groups in total. The number of hydrogen-bond donors (Lipinski definition) is 2. The summed E-state index contributed by atoms with van der Waals surface area (Å²) in [4.78, 5) is 12.1. The number of aromatic hydroxyl groups is 1. The van der Waals surface area contributed by atoms with Gasteiger partial charge in [-0.15, -0.1) is 10.2 Å². The van der Waals surface area contributed by atoms with Crippen LogP contribution in [-0.4, -0.2) is 25.8 Å². The smallest absolute Gasteiger partial charge is 0.225 e. The van der Waals surface area contributed by atoms with Crippen molar-refractivity contribution in [2.24, 2.45) is 7.05 Å². The van der Waals surface area contributed by atoms with E-state index in [-0.39, 0.29) is 17.6 Å². The molecule has 2 aromatic heterocycles. The quantitative estimate of drug-likeness (QED) is 0.749. The van der Waals surface area contributed by atoms with E-state index in [2.05, 4.69) is 15.5 Å². The third kappa shape index (κ3) is 2.89. The number of nitrogens with zero attached hydrogens (tertiary/aromatic N) is 3. The van der Waals surface area contributed by atoms with E-state index < -0.39 is 0 Å². The van der Waals surface area contributed by atoms with Crippen molar-refractivity contribution in [1.29, 1.82) is 0 Å². The average molecular weight is 356 g/mol. The summed E-state index contributed by atoms with van der Waals surface area (Å²) in [6.07, 6.45) is 1.93. The third-order valence-corrected chi connectivity index (χ3v) is 5.19. The molecular weight excluding hydrogens is 340 g/mol. The summed E-state index contributed by atoms with van der Waals surface area (Å²) in [5.41, 5.74) is 2.34. The van der Waals surface area contributed by atoms with E-state index in [0.29, 0.717) is 23.0 Å². The molecule has 0 fully saturated rings. The highest BCUT2D eigenvalue weighted by atomic mass is 32.2. The Hall–Kier alpha value is -2.74. The van der Waals surface area contributed by atoms with Gasteiger partial charge in [-0.2, -0.15) is 0 Å². The Labute approximate surface area is 148 Å². The number of rotatable bonds is 3. The van der Waals surface area contributed by atoms with Crippen LogP contribution >= 0.6 is 11.8 Å². The summed E-state index contributed by atoms with van der Waals surface area (Å²) in [6, 6.07) is 7.24. The highest BCUT2D eigenvalue weighted by Crippen LogP contribution is 2.41. The number of nitrogens with one attached hydrogen (secondary N) is 1. The summed E-state index contributed by atoms with van der Waals surface area (Å²) >= 11 is 1.38. The Balaban J connectivity index is 1.68. The lowest BCUT2D eigenvalue weighted by Crippen LogP contribution is -2.23. The predicted molar refractivity (Wildman–Crippen MR) is 91.8 cm³/mol. The number of furan rings is 1. The van der Waals surface area contributed by atoms with Gasteiger partial charge < -0.3 is 19.4 Å². The first kappa shape index (κ1) is 15.8. The summed E-state index contributed by atoms with van der Waals surface area (Å²) in [6.45, 7) is 1.83. The summed E-state index contributed by atoms with van der Waals surface area (Å²) in [5, 5.41) is 22.0. The Bertz CT molecular complexity index is 963. The predicted octanol–water partition coefficient (Wildman–Crippen LogP) is 3.05. The second kappa shape index (κ2) is 5.96. The van der Waals surface area contributed by atoms with Gasteiger partial charge in [0.05, 0.1) is 5.92 Å². The Kier molecular flexibility index (Phi) is 3.76. The Morgan fingerprint density at radius 2 is 2.24 bits per heavy atom. The zero-order valence-corrected chi connectivity index (χ0v) is 14.5. The first-order valence-electron chi connectivity index (χ1n) is 7.76. The van der Waals surface area contributed by atoms with E-state index in [0.717, 1.165) is 16.3 Å². The molecular formula is C17H16N4O3S.